The molecule has 0 bridgehead atoms. The van der Waals surface area contributed by atoms with E-state index < -0.39 is 5.91 Å². The lowest BCUT2D eigenvalue weighted by atomic mass is 10.2. The monoisotopic (exact) mass is 255 g/mol. The summed E-state index contributed by atoms with van der Waals surface area (Å²) in [7, 11) is 0. The number of para-hydroxylation sites is 1. The summed E-state index contributed by atoms with van der Waals surface area (Å²) < 4.78 is 0. The number of phenols is 1. The van der Waals surface area contributed by atoms with Crippen LogP contribution < -0.4 is 5.43 Å². The molecule has 96 valence electrons. The number of aromatic nitrogens is 1. The molecule has 0 atom stereocenters. The number of carbonyl (C=O) groups excluding carboxylic acids is 1. The Labute approximate surface area is 110 Å². The Balaban J connectivity index is 2.03. The lowest BCUT2D eigenvalue weighted by Crippen LogP contribution is -2.17. The zero-order chi connectivity index (χ0) is 13.7. The van der Waals surface area contributed by atoms with E-state index in [1.807, 2.05) is 19.1 Å². The molecule has 0 fully saturated rings. The number of hydrogen-bond acceptors (Lipinski definition) is 4. The first-order valence-electron chi connectivity index (χ1n) is 5.72. The summed E-state index contributed by atoms with van der Waals surface area (Å²) in [6, 6.07) is 11.8. The zero-order valence-electron chi connectivity index (χ0n) is 10.4. The predicted molar refractivity (Wildman–Crippen MR) is 72.1 cm³/mol. The normalized spacial score (nSPS) is 10.6. The molecule has 2 rings (SSSR count). The van der Waals surface area contributed by atoms with Gasteiger partial charge in [-0.3, -0.25) is 9.78 Å². The molecule has 1 heterocycles. The maximum absolute atomic E-state index is 11.7. The van der Waals surface area contributed by atoms with E-state index in [0.29, 0.717) is 5.69 Å². The number of aryl methyl sites for hydroxylation is 1. The van der Waals surface area contributed by atoms with E-state index in [0.717, 1.165) is 5.69 Å². The van der Waals surface area contributed by atoms with Gasteiger partial charge in [0, 0.05) is 5.69 Å². The third-order valence-corrected chi connectivity index (χ3v) is 2.42. The van der Waals surface area contributed by atoms with Crippen molar-refractivity contribution in [2.75, 3.05) is 0 Å². The van der Waals surface area contributed by atoms with E-state index in [1.54, 1.807) is 18.2 Å². The van der Waals surface area contributed by atoms with Crippen molar-refractivity contribution in [2.24, 2.45) is 5.10 Å². The van der Waals surface area contributed by atoms with Crippen LogP contribution in [0.15, 0.2) is 47.6 Å². The van der Waals surface area contributed by atoms with Gasteiger partial charge < -0.3 is 5.11 Å². The van der Waals surface area contributed by atoms with Crippen LogP contribution in [0.4, 0.5) is 0 Å². The highest BCUT2D eigenvalue weighted by atomic mass is 16.3. The minimum atomic E-state index is -0.470. The van der Waals surface area contributed by atoms with Gasteiger partial charge in [0.1, 0.15) is 5.75 Å². The summed E-state index contributed by atoms with van der Waals surface area (Å²) >= 11 is 0. The fourth-order valence-electron chi connectivity index (χ4n) is 1.52. The van der Waals surface area contributed by atoms with Gasteiger partial charge in [-0.15, -0.1) is 0 Å². The molecule has 1 aromatic carbocycles. The zero-order valence-corrected chi connectivity index (χ0v) is 10.4. The Morgan fingerprint density at radius 2 is 2.05 bits per heavy atom. The van der Waals surface area contributed by atoms with Crippen LogP contribution in [-0.4, -0.2) is 22.2 Å². The number of amides is 1. The molecule has 19 heavy (non-hydrogen) atoms. The van der Waals surface area contributed by atoms with Crippen molar-refractivity contribution in [2.45, 2.75) is 6.92 Å². The summed E-state index contributed by atoms with van der Waals surface area (Å²) in [6.07, 6.45) is 1.45. The molecule has 0 aliphatic carbocycles. The molecule has 2 N–H and O–H groups in total. The van der Waals surface area contributed by atoms with E-state index in [1.165, 1.54) is 18.3 Å². The summed E-state index contributed by atoms with van der Waals surface area (Å²) in [4.78, 5) is 15.9. The van der Waals surface area contributed by atoms with Gasteiger partial charge in [-0.25, -0.2) is 5.43 Å². The molecular weight excluding hydrogens is 242 g/mol. The number of rotatable bonds is 3. The van der Waals surface area contributed by atoms with Gasteiger partial charge in [0.25, 0.3) is 5.91 Å². The number of carbonyl (C=O) groups is 1. The molecule has 1 amide bonds. The third-order valence-electron chi connectivity index (χ3n) is 2.42. The van der Waals surface area contributed by atoms with Crippen LogP contribution >= 0.6 is 0 Å². The molecule has 0 spiro atoms. The average Bonchev–Trinajstić information content (AvgIpc) is 2.39. The molecule has 0 unspecified atom stereocenters. The fourth-order valence-corrected chi connectivity index (χ4v) is 1.52. The van der Waals surface area contributed by atoms with Crippen LogP contribution in [0.5, 0.6) is 5.75 Å². The second kappa shape index (κ2) is 5.77. The van der Waals surface area contributed by atoms with Crippen LogP contribution in [0.2, 0.25) is 0 Å². The van der Waals surface area contributed by atoms with Gasteiger partial charge >= 0.3 is 0 Å². The van der Waals surface area contributed by atoms with Gasteiger partial charge in [0.2, 0.25) is 0 Å². The van der Waals surface area contributed by atoms with Gasteiger partial charge in [0.05, 0.1) is 17.5 Å². The quantitative estimate of drug-likeness (QED) is 0.649. The van der Waals surface area contributed by atoms with Crippen molar-refractivity contribution >= 4 is 12.1 Å². The van der Waals surface area contributed by atoms with Gasteiger partial charge in [-0.05, 0) is 31.2 Å². The molecule has 5 heteroatoms. The van der Waals surface area contributed by atoms with Crippen molar-refractivity contribution in [1.82, 2.24) is 10.4 Å². The van der Waals surface area contributed by atoms with Crippen LogP contribution in [0.3, 0.4) is 0 Å². The number of aromatic hydroxyl groups is 1. The van der Waals surface area contributed by atoms with Crippen molar-refractivity contribution in [1.29, 1.82) is 0 Å². The fraction of sp³-hybridized carbons (Fsp3) is 0.0714. The van der Waals surface area contributed by atoms with Crippen LogP contribution in [0.1, 0.15) is 21.7 Å². The van der Waals surface area contributed by atoms with Gasteiger partial charge in [-0.1, -0.05) is 18.2 Å². The Kier molecular flexibility index (Phi) is 3.87. The molecule has 2 aromatic rings. The van der Waals surface area contributed by atoms with Gasteiger partial charge in [-0.2, -0.15) is 5.10 Å². The number of nitrogens with one attached hydrogen (secondary N) is 1. The maximum Gasteiger partial charge on any atom is 0.275 e. The molecular formula is C14H13N3O2. The number of hydrazone groups is 1. The highest BCUT2D eigenvalue weighted by molar-refractivity contribution is 5.97. The molecule has 0 aliphatic heterocycles. The topological polar surface area (TPSA) is 74.6 Å². The predicted octanol–water partition coefficient (Wildman–Crippen LogP) is 1.86. The maximum atomic E-state index is 11.7. The van der Waals surface area contributed by atoms with Crippen LogP contribution in [-0.2, 0) is 0 Å². The smallest absolute Gasteiger partial charge is 0.275 e. The second-order valence-electron chi connectivity index (χ2n) is 3.92. The highest BCUT2D eigenvalue weighted by Crippen LogP contribution is 2.14. The van der Waals surface area contributed by atoms with Crippen LogP contribution in [0.25, 0.3) is 0 Å². The Morgan fingerprint density at radius 1 is 1.26 bits per heavy atom. The molecule has 5 nitrogen and oxygen atoms in total. The first-order chi connectivity index (χ1) is 9.16. The van der Waals surface area contributed by atoms with E-state index >= 15 is 0 Å². The van der Waals surface area contributed by atoms with E-state index in [9.17, 15) is 9.90 Å². The summed E-state index contributed by atoms with van der Waals surface area (Å²) in [6.45, 7) is 1.87. The molecule has 0 saturated heterocycles. The molecule has 0 aliphatic rings. The Morgan fingerprint density at radius 3 is 2.79 bits per heavy atom. The standard InChI is InChI=1S/C14H13N3O2/c1-10-5-4-6-11(16-10)9-15-17-14(19)12-7-2-3-8-13(12)18/h2-9,18H,1H3,(H,17,19)/b15-9+. The van der Waals surface area contributed by atoms with E-state index in [-0.39, 0.29) is 11.3 Å². The first kappa shape index (κ1) is 12.8. The van der Waals surface area contributed by atoms with Crippen molar-refractivity contribution in [3.63, 3.8) is 0 Å². The summed E-state index contributed by atoms with van der Waals surface area (Å²) in [5.74, 6) is -0.550. The summed E-state index contributed by atoms with van der Waals surface area (Å²) in [5, 5.41) is 13.3. The summed E-state index contributed by atoms with van der Waals surface area (Å²) in [5.41, 5.74) is 4.04. The number of benzene rings is 1. The first-order valence-corrected chi connectivity index (χ1v) is 5.72. The minimum absolute atomic E-state index is 0.0797. The average molecular weight is 255 g/mol. The lowest BCUT2D eigenvalue weighted by molar-refractivity contribution is 0.0952. The Bertz CT molecular complexity index is 624. The van der Waals surface area contributed by atoms with Crippen molar-refractivity contribution in [3.05, 3.63) is 59.4 Å². The minimum Gasteiger partial charge on any atom is -0.507 e. The third kappa shape index (κ3) is 3.38. The highest BCUT2D eigenvalue weighted by Gasteiger charge is 2.08. The lowest BCUT2D eigenvalue weighted by Gasteiger charge is -2.01. The molecule has 1 aromatic heterocycles. The second-order valence-corrected chi connectivity index (χ2v) is 3.92. The number of phenolic OH excluding ortho intramolecular Hbond substituents is 1. The SMILES string of the molecule is Cc1cccc(/C=N/NC(=O)c2ccccc2O)n1. The van der Waals surface area contributed by atoms with Crippen molar-refractivity contribution in [3.8, 4) is 5.75 Å². The molecule has 0 saturated carbocycles. The Hall–Kier alpha value is -2.69. The van der Waals surface area contributed by atoms with E-state index in [4.69, 9.17) is 0 Å². The van der Waals surface area contributed by atoms with E-state index in [2.05, 4.69) is 15.5 Å². The number of nitrogens with zero attached hydrogens (tertiary/aromatic N) is 2. The van der Waals surface area contributed by atoms with Crippen LogP contribution in [0, 0.1) is 6.92 Å². The number of pyridine rings is 1. The van der Waals surface area contributed by atoms with Gasteiger partial charge in [0.15, 0.2) is 0 Å². The largest absolute Gasteiger partial charge is 0.507 e. The number of hydrogen-bond donors (Lipinski definition) is 2. The molecule has 0 radical (unpaired) electrons. The van der Waals surface area contributed by atoms with Crippen molar-refractivity contribution < 1.29 is 9.90 Å².